The number of aromatic carboxylic acids is 1. The quantitative estimate of drug-likeness (QED) is 0.670. The Morgan fingerprint density at radius 1 is 1.14 bits per heavy atom. The number of hydrogen-bond acceptors (Lipinski definition) is 5. The minimum Gasteiger partial charge on any atom is -0.493 e. The maximum Gasteiger partial charge on any atom is 0.335 e. The van der Waals surface area contributed by atoms with Gasteiger partial charge in [0.15, 0.2) is 11.5 Å². The van der Waals surface area contributed by atoms with E-state index in [1.54, 1.807) is 6.07 Å². The predicted molar refractivity (Wildman–Crippen MR) is 73.1 cm³/mol. The molecule has 0 saturated heterocycles. The Kier molecular flexibility index (Phi) is 4.03. The van der Waals surface area contributed by atoms with Crippen molar-refractivity contribution in [2.24, 2.45) is 0 Å². The van der Waals surface area contributed by atoms with E-state index in [4.69, 9.17) is 14.6 Å². The summed E-state index contributed by atoms with van der Waals surface area (Å²) < 4.78 is 10.5. The fraction of sp³-hybridized carbons (Fsp3) is 0.0714. The molecule has 0 aliphatic rings. The Morgan fingerprint density at radius 3 is 2.48 bits per heavy atom. The van der Waals surface area contributed by atoms with E-state index in [1.165, 1.54) is 43.5 Å². The molecule has 2 aromatic carbocycles. The molecule has 0 unspecified atom stereocenters. The van der Waals surface area contributed by atoms with E-state index in [2.05, 4.69) is 0 Å². The van der Waals surface area contributed by atoms with Gasteiger partial charge in [0.05, 0.1) is 17.6 Å². The van der Waals surface area contributed by atoms with Gasteiger partial charge in [-0.3, -0.25) is 10.1 Å². The minimum absolute atomic E-state index is 0.00309. The Morgan fingerprint density at radius 2 is 1.86 bits per heavy atom. The fourth-order valence-electron chi connectivity index (χ4n) is 1.70. The van der Waals surface area contributed by atoms with Crippen molar-refractivity contribution in [1.29, 1.82) is 0 Å². The summed E-state index contributed by atoms with van der Waals surface area (Å²) in [4.78, 5) is 21.3. The molecule has 0 bridgehead atoms. The fourth-order valence-corrected chi connectivity index (χ4v) is 1.70. The first-order valence-corrected chi connectivity index (χ1v) is 5.85. The van der Waals surface area contributed by atoms with E-state index in [9.17, 15) is 14.9 Å². The first kappa shape index (κ1) is 14.3. The standard InChI is InChI=1S/C14H11NO6/c1-20-12-7-6-9(14(16)17)8-13(12)21-11-5-3-2-4-10(11)15(18)19/h2-8H,1H3,(H,16,17). The number of nitro benzene ring substituents is 1. The zero-order valence-electron chi connectivity index (χ0n) is 11.0. The first-order chi connectivity index (χ1) is 10.0. The van der Waals surface area contributed by atoms with Gasteiger partial charge in [0, 0.05) is 6.07 Å². The number of carboxylic acids is 1. The lowest BCUT2D eigenvalue weighted by molar-refractivity contribution is -0.385. The van der Waals surface area contributed by atoms with Crippen molar-refractivity contribution in [2.75, 3.05) is 7.11 Å². The van der Waals surface area contributed by atoms with Crippen LogP contribution in [0, 0.1) is 10.1 Å². The lowest BCUT2D eigenvalue weighted by Gasteiger charge is -2.11. The number of methoxy groups -OCH3 is 1. The van der Waals surface area contributed by atoms with E-state index >= 15 is 0 Å². The number of nitro groups is 1. The monoisotopic (exact) mass is 289 g/mol. The predicted octanol–water partition coefficient (Wildman–Crippen LogP) is 3.09. The molecule has 0 atom stereocenters. The second-order valence-electron chi connectivity index (χ2n) is 4.00. The molecule has 0 amide bonds. The number of carbonyl (C=O) groups is 1. The highest BCUT2D eigenvalue weighted by molar-refractivity contribution is 5.88. The summed E-state index contributed by atoms with van der Waals surface area (Å²) in [5.41, 5.74) is -0.232. The van der Waals surface area contributed by atoms with Crippen LogP contribution in [0.25, 0.3) is 0 Å². The summed E-state index contributed by atoms with van der Waals surface area (Å²) in [5.74, 6) is -0.766. The van der Waals surface area contributed by atoms with Crippen molar-refractivity contribution in [3.63, 3.8) is 0 Å². The highest BCUT2D eigenvalue weighted by Gasteiger charge is 2.17. The minimum atomic E-state index is -1.13. The van der Waals surface area contributed by atoms with Gasteiger partial charge in [0.2, 0.25) is 5.75 Å². The van der Waals surface area contributed by atoms with Crippen molar-refractivity contribution in [1.82, 2.24) is 0 Å². The molecule has 1 N–H and O–H groups in total. The van der Waals surface area contributed by atoms with Crippen LogP contribution in [-0.2, 0) is 0 Å². The number of carboxylic acid groups (broad SMARTS) is 1. The third-order valence-electron chi connectivity index (χ3n) is 2.69. The summed E-state index contributed by atoms with van der Waals surface area (Å²) >= 11 is 0. The van der Waals surface area contributed by atoms with Gasteiger partial charge in [-0.1, -0.05) is 12.1 Å². The zero-order valence-corrected chi connectivity index (χ0v) is 11.0. The summed E-state index contributed by atoms with van der Waals surface area (Å²) in [6.45, 7) is 0. The van der Waals surface area contributed by atoms with E-state index in [1.807, 2.05) is 0 Å². The molecule has 0 radical (unpaired) electrons. The second kappa shape index (κ2) is 5.91. The molecule has 0 saturated carbocycles. The van der Waals surface area contributed by atoms with Gasteiger partial charge < -0.3 is 14.6 Å². The van der Waals surface area contributed by atoms with Crippen LogP contribution in [0.4, 0.5) is 5.69 Å². The molecule has 108 valence electrons. The molecule has 2 aromatic rings. The molecule has 0 spiro atoms. The molecule has 0 aliphatic carbocycles. The van der Waals surface area contributed by atoms with Gasteiger partial charge in [0.1, 0.15) is 0 Å². The molecule has 0 aliphatic heterocycles. The molecule has 0 heterocycles. The van der Waals surface area contributed by atoms with Crippen molar-refractivity contribution in [3.8, 4) is 17.2 Å². The van der Waals surface area contributed by atoms with E-state index in [-0.39, 0.29) is 28.5 Å². The van der Waals surface area contributed by atoms with Crippen LogP contribution in [0.2, 0.25) is 0 Å². The number of ether oxygens (including phenoxy) is 2. The number of benzene rings is 2. The van der Waals surface area contributed by atoms with Crippen LogP contribution in [0.3, 0.4) is 0 Å². The molecule has 7 heteroatoms. The van der Waals surface area contributed by atoms with Crippen LogP contribution < -0.4 is 9.47 Å². The average molecular weight is 289 g/mol. The molecular weight excluding hydrogens is 278 g/mol. The van der Waals surface area contributed by atoms with Crippen LogP contribution >= 0.6 is 0 Å². The third-order valence-corrected chi connectivity index (χ3v) is 2.69. The number of hydrogen-bond donors (Lipinski definition) is 1. The summed E-state index contributed by atoms with van der Waals surface area (Å²) in [6, 6.07) is 9.83. The first-order valence-electron chi connectivity index (χ1n) is 5.85. The average Bonchev–Trinajstić information content (AvgIpc) is 2.47. The number of rotatable bonds is 5. The van der Waals surface area contributed by atoms with Gasteiger partial charge in [-0.05, 0) is 24.3 Å². The lowest BCUT2D eigenvalue weighted by atomic mass is 10.2. The lowest BCUT2D eigenvalue weighted by Crippen LogP contribution is -1.99. The largest absolute Gasteiger partial charge is 0.493 e. The van der Waals surface area contributed by atoms with Gasteiger partial charge in [-0.2, -0.15) is 0 Å². The molecule has 21 heavy (non-hydrogen) atoms. The Balaban J connectivity index is 2.45. The maximum absolute atomic E-state index is 11.0. The Hall–Kier alpha value is -3.09. The van der Waals surface area contributed by atoms with Crippen LogP contribution in [0.15, 0.2) is 42.5 Å². The van der Waals surface area contributed by atoms with E-state index in [0.717, 1.165) is 0 Å². The van der Waals surface area contributed by atoms with Crippen molar-refractivity contribution < 1.29 is 24.3 Å². The highest BCUT2D eigenvalue weighted by atomic mass is 16.6. The molecule has 0 fully saturated rings. The number of nitrogens with zero attached hydrogens (tertiary/aromatic N) is 1. The van der Waals surface area contributed by atoms with E-state index < -0.39 is 10.9 Å². The Labute approximate surface area is 119 Å². The van der Waals surface area contributed by atoms with Gasteiger partial charge in [-0.25, -0.2) is 4.79 Å². The van der Waals surface area contributed by atoms with Crippen LogP contribution in [0.1, 0.15) is 10.4 Å². The molecule has 0 aromatic heterocycles. The smallest absolute Gasteiger partial charge is 0.335 e. The SMILES string of the molecule is COc1ccc(C(=O)O)cc1Oc1ccccc1[N+](=O)[O-]. The molecular formula is C14H11NO6. The second-order valence-corrected chi connectivity index (χ2v) is 4.00. The number of para-hydroxylation sites is 2. The van der Waals surface area contributed by atoms with Gasteiger partial charge in [-0.15, -0.1) is 0 Å². The Bertz CT molecular complexity index is 698. The topological polar surface area (TPSA) is 98.9 Å². The van der Waals surface area contributed by atoms with Crippen molar-refractivity contribution in [3.05, 3.63) is 58.1 Å². The molecule has 7 nitrogen and oxygen atoms in total. The van der Waals surface area contributed by atoms with Crippen LogP contribution in [0.5, 0.6) is 17.2 Å². The maximum atomic E-state index is 11.0. The van der Waals surface area contributed by atoms with Gasteiger partial charge in [0.25, 0.3) is 0 Å². The molecule has 2 rings (SSSR count). The summed E-state index contributed by atoms with van der Waals surface area (Å²) in [6.07, 6.45) is 0. The van der Waals surface area contributed by atoms with Crippen molar-refractivity contribution in [2.45, 2.75) is 0 Å². The normalized spacial score (nSPS) is 9.95. The highest BCUT2D eigenvalue weighted by Crippen LogP contribution is 2.36. The van der Waals surface area contributed by atoms with E-state index in [0.29, 0.717) is 0 Å². The third kappa shape index (κ3) is 3.08. The summed E-state index contributed by atoms with van der Waals surface area (Å²) in [5, 5.41) is 19.9. The zero-order chi connectivity index (χ0) is 15.4. The van der Waals surface area contributed by atoms with Gasteiger partial charge >= 0.3 is 11.7 Å². The van der Waals surface area contributed by atoms with Crippen LogP contribution in [-0.4, -0.2) is 23.1 Å². The van der Waals surface area contributed by atoms with Crippen molar-refractivity contribution >= 4 is 11.7 Å². The summed E-state index contributed by atoms with van der Waals surface area (Å²) in [7, 11) is 1.39.